The van der Waals surface area contributed by atoms with Crippen LogP contribution in [0.2, 0.25) is 0 Å². The van der Waals surface area contributed by atoms with Crippen molar-refractivity contribution in [2.24, 2.45) is 5.41 Å². The molecule has 0 aromatic heterocycles. The van der Waals surface area contributed by atoms with Gasteiger partial charge in [0.05, 0.1) is 12.5 Å². The molecule has 1 aromatic carbocycles. The summed E-state index contributed by atoms with van der Waals surface area (Å²) < 4.78 is 6.07. The van der Waals surface area contributed by atoms with Crippen LogP contribution in [-0.2, 0) is 16.1 Å². The van der Waals surface area contributed by atoms with E-state index < -0.39 is 0 Å². The number of esters is 1. The van der Waals surface area contributed by atoms with Crippen LogP contribution in [0.25, 0.3) is 0 Å². The summed E-state index contributed by atoms with van der Waals surface area (Å²) in [7, 11) is 1.48. The average Bonchev–Trinajstić information content (AvgIpc) is 2.44. The quantitative estimate of drug-likeness (QED) is 0.773. The van der Waals surface area contributed by atoms with E-state index in [0.717, 1.165) is 36.9 Å². The van der Waals surface area contributed by atoms with Crippen LogP contribution in [0.1, 0.15) is 36.5 Å². The molecule has 116 valence electrons. The van der Waals surface area contributed by atoms with E-state index in [1.165, 1.54) is 23.8 Å². The standard InChI is InChI=1S/C17H24BrNO2/c1-12-9-14(18)10-13(2)15(12)11-19-7-5-17(3,6-8-19)16(20)21-4/h9-10H,5-8,11H2,1-4H3. The first-order valence-electron chi connectivity index (χ1n) is 7.42. The summed E-state index contributed by atoms with van der Waals surface area (Å²) in [6.07, 6.45) is 1.74. The molecule has 1 fully saturated rings. The number of aryl methyl sites for hydroxylation is 2. The molecule has 0 N–H and O–H groups in total. The van der Waals surface area contributed by atoms with Gasteiger partial charge in [0.15, 0.2) is 0 Å². The predicted octanol–water partition coefficient (Wildman–Crippen LogP) is 3.84. The zero-order valence-electron chi connectivity index (χ0n) is 13.3. The van der Waals surface area contributed by atoms with Gasteiger partial charge in [-0.05, 0) is 75.5 Å². The van der Waals surface area contributed by atoms with E-state index in [9.17, 15) is 4.79 Å². The number of methoxy groups -OCH3 is 1. The summed E-state index contributed by atoms with van der Waals surface area (Å²) in [4.78, 5) is 14.3. The van der Waals surface area contributed by atoms with Gasteiger partial charge in [0.2, 0.25) is 0 Å². The maximum absolute atomic E-state index is 11.9. The van der Waals surface area contributed by atoms with Crippen molar-refractivity contribution in [3.63, 3.8) is 0 Å². The number of nitrogens with zero attached hydrogens (tertiary/aromatic N) is 1. The molecule has 2 rings (SSSR count). The SMILES string of the molecule is COC(=O)C1(C)CCN(Cc2c(C)cc(Br)cc2C)CC1. The second-order valence-electron chi connectivity index (χ2n) is 6.35. The number of benzene rings is 1. The molecule has 0 atom stereocenters. The van der Waals surface area contributed by atoms with Crippen molar-refractivity contribution in [1.29, 1.82) is 0 Å². The molecule has 4 heteroatoms. The lowest BCUT2D eigenvalue weighted by Gasteiger charge is -2.37. The molecular formula is C17H24BrNO2. The molecule has 0 radical (unpaired) electrons. The van der Waals surface area contributed by atoms with Crippen LogP contribution < -0.4 is 0 Å². The van der Waals surface area contributed by atoms with Crippen LogP contribution in [0.3, 0.4) is 0 Å². The Hall–Kier alpha value is -0.870. The summed E-state index contributed by atoms with van der Waals surface area (Å²) >= 11 is 3.55. The Morgan fingerprint density at radius 2 is 1.81 bits per heavy atom. The monoisotopic (exact) mass is 353 g/mol. The van der Waals surface area contributed by atoms with Gasteiger partial charge in [-0.15, -0.1) is 0 Å². The van der Waals surface area contributed by atoms with Crippen LogP contribution >= 0.6 is 15.9 Å². The smallest absolute Gasteiger partial charge is 0.311 e. The Kier molecular flexibility index (Phi) is 5.10. The largest absolute Gasteiger partial charge is 0.469 e. The molecule has 0 spiro atoms. The minimum atomic E-state index is -0.310. The Balaban J connectivity index is 2.03. The molecular weight excluding hydrogens is 330 g/mol. The highest BCUT2D eigenvalue weighted by molar-refractivity contribution is 9.10. The number of ether oxygens (including phenoxy) is 1. The summed E-state index contributed by atoms with van der Waals surface area (Å²) in [6.45, 7) is 9.20. The zero-order chi connectivity index (χ0) is 15.6. The molecule has 0 unspecified atom stereocenters. The third kappa shape index (κ3) is 3.67. The lowest BCUT2D eigenvalue weighted by molar-refractivity contribution is -0.154. The fourth-order valence-corrected chi connectivity index (χ4v) is 3.76. The van der Waals surface area contributed by atoms with Crippen molar-refractivity contribution in [2.45, 2.75) is 40.2 Å². The molecule has 21 heavy (non-hydrogen) atoms. The van der Waals surface area contributed by atoms with E-state index in [-0.39, 0.29) is 11.4 Å². The van der Waals surface area contributed by atoms with Crippen molar-refractivity contribution in [3.05, 3.63) is 33.3 Å². The van der Waals surface area contributed by atoms with E-state index >= 15 is 0 Å². The number of carbonyl (C=O) groups excluding carboxylic acids is 1. The fourth-order valence-electron chi connectivity index (χ4n) is 3.07. The average molecular weight is 354 g/mol. The number of halogens is 1. The number of carbonyl (C=O) groups is 1. The highest BCUT2D eigenvalue weighted by Gasteiger charge is 2.37. The van der Waals surface area contributed by atoms with Crippen molar-refractivity contribution >= 4 is 21.9 Å². The molecule has 0 bridgehead atoms. The van der Waals surface area contributed by atoms with Gasteiger partial charge in [-0.3, -0.25) is 9.69 Å². The first kappa shape index (κ1) is 16.5. The van der Waals surface area contributed by atoms with Crippen LogP contribution in [0.15, 0.2) is 16.6 Å². The van der Waals surface area contributed by atoms with Gasteiger partial charge in [-0.1, -0.05) is 15.9 Å². The molecule has 1 aromatic rings. The summed E-state index contributed by atoms with van der Waals surface area (Å²) in [5.74, 6) is -0.0712. The highest BCUT2D eigenvalue weighted by atomic mass is 79.9. The number of rotatable bonds is 3. The van der Waals surface area contributed by atoms with Gasteiger partial charge in [-0.25, -0.2) is 0 Å². The van der Waals surface area contributed by atoms with Gasteiger partial charge < -0.3 is 4.74 Å². The maximum atomic E-state index is 11.9. The van der Waals surface area contributed by atoms with E-state index in [1.807, 2.05) is 6.92 Å². The van der Waals surface area contributed by atoms with Crippen molar-refractivity contribution < 1.29 is 9.53 Å². The molecule has 0 saturated carbocycles. The number of hydrogen-bond acceptors (Lipinski definition) is 3. The van der Waals surface area contributed by atoms with Crippen LogP contribution in [0, 0.1) is 19.3 Å². The van der Waals surface area contributed by atoms with E-state index in [2.05, 4.69) is 46.8 Å². The fraction of sp³-hybridized carbons (Fsp3) is 0.588. The molecule has 0 aliphatic carbocycles. The molecule has 0 amide bonds. The van der Waals surface area contributed by atoms with Gasteiger partial charge in [0, 0.05) is 11.0 Å². The zero-order valence-corrected chi connectivity index (χ0v) is 14.9. The van der Waals surface area contributed by atoms with Gasteiger partial charge >= 0.3 is 5.97 Å². The molecule has 1 aliphatic rings. The molecule has 1 aliphatic heterocycles. The normalized spacial score (nSPS) is 18.5. The van der Waals surface area contributed by atoms with Crippen LogP contribution in [-0.4, -0.2) is 31.1 Å². The Morgan fingerprint density at radius 1 is 1.29 bits per heavy atom. The Morgan fingerprint density at radius 3 is 2.29 bits per heavy atom. The summed E-state index contributed by atoms with van der Waals surface area (Å²) in [6, 6.07) is 4.34. The van der Waals surface area contributed by atoms with Crippen LogP contribution in [0.4, 0.5) is 0 Å². The maximum Gasteiger partial charge on any atom is 0.311 e. The van der Waals surface area contributed by atoms with E-state index in [1.54, 1.807) is 0 Å². The summed E-state index contributed by atoms with van der Waals surface area (Å²) in [5.41, 5.74) is 3.74. The number of likely N-dealkylation sites (tertiary alicyclic amines) is 1. The lowest BCUT2D eigenvalue weighted by atomic mass is 9.80. The van der Waals surface area contributed by atoms with E-state index in [0.29, 0.717) is 0 Å². The Bertz CT molecular complexity index is 511. The first-order valence-corrected chi connectivity index (χ1v) is 8.21. The number of hydrogen-bond donors (Lipinski definition) is 0. The lowest BCUT2D eigenvalue weighted by Crippen LogP contribution is -2.43. The highest BCUT2D eigenvalue weighted by Crippen LogP contribution is 2.33. The third-order valence-electron chi connectivity index (χ3n) is 4.68. The minimum Gasteiger partial charge on any atom is -0.469 e. The second kappa shape index (κ2) is 6.49. The Labute approximate surface area is 135 Å². The van der Waals surface area contributed by atoms with Crippen molar-refractivity contribution in [3.8, 4) is 0 Å². The first-order chi connectivity index (χ1) is 9.85. The predicted molar refractivity (Wildman–Crippen MR) is 88.3 cm³/mol. The second-order valence-corrected chi connectivity index (χ2v) is 7.26. The number of piperidine rings is 1. The topological polar surface area (TPSA) is 29.5 Å². The summed E-state index contributed by atoms with van der Waals surface area (Å²) in [5, 5.41) is 0. The molecule has 3 nitrogen and oxygen atoms in total. The van der Waals surface area contributed by atoms with Crippen molar-refractivity contribution in [2.75, 3.05) is 20.2 Å². The molecule has 1 heterocycles. The van der Waals surface area contributed by atoms with Crippen molar-refractivity contribution in [1.82, 2.24) is 4.90 Å². The van der Waals surface area contributed by atoms with Crippen LogP contribution in [0.5, 0.6) is 0 Å². The minimum absolute atomic E-state index is 0.0712. The van der Waals surface area contributed by atoms with Gasteiger partial charge in [-0.2, -0.15) is 0 Å². The third-order valence-corrected chi connectivity index (χ3v) is 5.14. The van der Waals surface area contributed by atoms with Gasteiger partial charge in [0.25, 0.3) is 0 Å². The van der Waals surface area contributed by atoms with Gasteiger partial charge in [0.1, 0.15) is 0 Å². The van der Waals surface area contributed by atoms with E-state index in [4.69, 9.17) is 4.74 Å². The molecule has 1 saturated heterocycles.